The maximum absolute atomic E-state index is 4.12. The fraction of sp³-hybridized carbons (Fsp3) is 0.458. The van der Waals surface area contributed by atoms with E-state index in [1.807, 2.05) is 23.3 Å². The summed E-state index contributed by atoms with van der Waals surface area (Å²) in [6, 6.07) is 12.1. The number of rotatable bonds is 6. The third-order valence-corrected chi connectivity index (χ3v) is 6.32. The molecule has 148 valence electrons. The second kappa shape index (κ2) is 8.36. The number of nitrogens with zero attached hydrogens (tertiary/aromatic N) is 3. The molecule has 1 atom stereocenters. The first kappa shape index (κ1) is 19.0. The van der Waals surface area contributed by atoms with E-state index in [1.165, 1.54) is 54.6 Å². The number of hydrogen-bond acceptors (Lipinski definition) is 2. The molecule has 28 heavy (non-hydrogen) atoms. The number of aryl methyl sites for hydroxylation is 1. The Morgan fingerprint density at radius 3 is 2.54 bits per heavy atom. The van der Waals surface area contributed by atoms with Gasteiger partial charge in [-0.15, -0.1) is 0 Å². The highest BCUT2D eigenvalue weighted by Gasteiger charge is 2.20. The molecule has 0 radical (unpaired) electrons. The Morgan fingerprint density at radius 2 is 1.86 bits per heavy atom. The lowest BCUT2D eigenvalue weighted by Crippen LogP contribution is -2.19. The molecule has 2 heterocycles. The minimum Gasteiger partial charge on any atom is -0.346 e. The second-order valence-corrected chi connectivity index (χ2v) is 8.22. The van der Waals surface area contributed by atoms with E-state index in [0.29, 0.717) is 12.1 Å². The van der Waals surface area contributed by atoms with Crippen molar-refractivity contribution in [2.75, 3.05) is 0 Å². The van der Waals surface area contributed by atoms with Crippen LogP contribution in [0.2, 0.25) is 0 Å². The van der Waals surface area contributed by atoms with E-state index < -0.39 is 0 Å². The van der Waals surface area contributed by atoms with Crippen molar-refractivity contribution in [1.29, 1.82) is 0 Å². The van der Waals surface area contributed by atoms with Crippen molar-refractivity contribution in [3.8, 4) is 5.69 Å². The molecule has 3 aromatic rings. The zero-order chi connectivity index (χ0) is 19.5. The van der Waals surface area contributed by atoms with Crippen LogP contribution in [0.4, 0.5) is 0 Å². The van der Waals surface area contributed by atoms with Crippen LogP contribution in [0.15, 0.2) is 49.1 Å². The molecule has 1 saturated carbocycles. The summed E-state index contributed by atoms with van der Waals surface area (Å²) in [5.41, 5.74) is 6.75. The maximum atomic E-state index is 4.12. The molecule has 4 nitrogen and oxygen atoms in total. The van der Waals surface area contributed by atoms with Crippen LogP contribution in [-0.2, 0) is 6.54 Å². The first-order valence-corrected chi connectivity index (χ1v) is 10.6. The molecule has 1 aliphatic rings. The van der Waals surface area contributed by atoms with Gasteiger partial charge in [-0.1, -0.05) is 31.4 Å². The number of imidazole rings is 1. The fourth-order valence-corrected chi connectivity index (χ4v) is 4.65. The van der Waals surface area contributed by atoms with Crippen molar-refractivity contribution in [3.63, 3.8) is 0 Å². The summed E-state index contributed by atoms with van der Waals surface area (Å²) in [5.74, 6) is 0. The number of benzene rings is 1. The van der Waals surface area contributed by atoms with Gasteiger partial charge < -0.3 is 14.5 Å². The Hall–Kier alpha value is -2.33. The summed E-state index contributed by atoms with van der Waals surface area (Å²) in [7, 11) is 0. The molecule has 4 heteroatoms. The SMILES string of the molecule is Cc1cc(CN[C@@H](C)c2ccc(-n3ccnc3)cc2)c(C)n1C1CCCCC1. The molecule has 0 bridgehead atoms. The lowest BCUT2D eigenvalue weighted by Gasteiger charge is -2.26. The highest BCUT2D eigenvalue weighted by Crippen LogP contribution is 2.32. The topological polar surface area (TPSA) is 34.8 Å². The average molecular weight is 377 g/mol. The zero-order valence-electron chi connectivity index (χ0n) is 17.4. The van der Waals surface area contributed by atoms with Crippen LogP contribution in [0, 0.1) is 13.8 Å². The quantitative estimate of drug-likeness (QED) is 0.603. The predicted octanol–water partition coefficient (Wildman–Crippen LogP) is 5.65. The minimum atomic E-state index is 0.314. The van der Waals surface area contributed by atoms with Gasteiger partial charge >= 0.3 is 0 Å². The van der Waals surface area contributed by atoms with Crippen LogP contribution < -0.4 is 5.32 Å². The molecule has 2 aromatic heterocycles. The van der Waals surface area contributed by atoms with Crippen LogP contribution in [0.1, 0.15) is 73.6 Å². The summed E-state index contributed by atoms with van der Waals surface area (Å²) in [6.45, 7) is 7.72. The first-order chi connectivity index (χ1) is 13.6. The van der Waals surface area contributed by atoms with E-state index in [9.17, 15) is 0 Å². The van der Waals surface area contributed by atoms with Gasteiger partial charge in [0.15, 0.2) is 0 Å². The Morgan fingerprint density at radius 1 is 1.11 bits per heavy atom. The van der Waals surface area contributed by atoms with Gasteiger partial charge in [0.25, 0.3) is 0 Å². The van der Waals surface area contributed by atoms with Gasteiger partial charge in [0.2, 0.25) is 0 Å². The molecule has 0 amide bonds. The Balaban J connectivity index is 1.41. The van der Waals surface area contributed by atoms with E-state index in [2.05, 4.69) is 66.0 Å². The molecule has 0 saturated heterocycles. The van der Waals surface area contributed by atoms with Crippen molar-refractivity contribution >= 4 is 0 Å². The van der Waals surface area contributed by atoms with Gasteiger partial charge in [-0.25, -0.2) is 4.98 Å². The van der Waals surface area contributed by atoms with E-state index in [-0.39, 0.29) is 0 Å². The predicted molar refractivity (Wildman–Crippen MR) is 115 cm³/mol. The lowest BCUT2D eigenvalue weighted by molar-refractivity contribution is 0.345. The molecule has 1 aliphatic carbocycles. The van der Waals surface area contributed by atoms with Crippen LogP contribution >= 0.6 is 0 Å². The van der Waals surface area contributed by atoms with Gasteiger partial charge in [-0.3, -0.25) is 0 Å². The molecule has 1 aromatic carbocycles. The van der Waals surface area contributed by atoms with E-state index in [0.717, 1.165) is 12.2 Å². The third-order valence-electron chi connectivity index (χ3n) is 6.32. The van der Waals surface area contributed by atoms with Crippen molar-refractivity contribution in [1.82, 2.24) is 19.4 Å². The molecule has 4 rings (SSSR count). The Bertz CT molecular complexity index is 884. The van der Waals surface area contributed by atoms with Crippen LogP contribution in [-0.4, -0.2) is 14.1 Å². The largest absolute Gasteiger partial charge is 0.346 e. The fourth-order valence-electron chi connectivity index (χ4n) is 4.65. The van der Waals surface area contributed by atoms with Gasteiger partial charge in [0, 0.05) is 48.1 Å². The maximum Gasteiger partial charge on any atom is 0.0991 e. The highest BCUT2D eigenvalue weighted by molar-refractivity contribution is 5.35. The summed E-state index contributed by atoms with van der Waals surface area (Å²) >= 11 is 0. The van der Waals surface area contributed by atoms with Crippen LogP contribution in [0.5, 0.6) is 0 Å². The summed E-state index contributed by atoms with van der Waals surface area (Å²) < 4.78 is 4.63. The van der Waals surface area contributed by atoms with Gasteiger partial charge in [-0.2, -0.15) is 0 Å². The van der Waals surface area contributed by atoms with Crippen molar-refractivity contribution in [2.24, 2.45) is 0 Å². The smallest absolute Gasteiger partial charge is 0.0991 e. The molecule has 1 fully saturated rings. The van der Waals surface area contributed by atoms with Crippen molar-refractivity contribution < 1.29 is 0 Å². The number of aromatic nitrogens is 3. The number of nitrogens with one attached hydrogen (secondary N) is 1. The minimum absolute atomic E-state index is 0.314. The molecule has 0 spiro atoms. The average Bonchev–Trinajstić information content (AvgIpc) is 3.35. The second-order valence-electron chi connectivity index (χ2n) is 8.22. The third kappa shape index (κ3) is 3.93. The Labute approximate surface area is 168 Å². The monoisotopic (exact) mass is 376 g/mol. The van der Waals surface area contributed by atoms with Gasteiger partial charge in [0.05, 0.1) is 6.33 Å². The van der Waals surface area contributed by atoms with E-state index in [4.69, 9.17) is 0 Å². The highest BCUT2D eigenvalue weighted by atomic mass is 15.0. The van der Waals surface area contributed by atoms with Crippen LogP contribution in [0.3, 0.4) is 0 Å². The zero-order valence-corrected chi connectivity index (χ0v) is 17.4. The summed E-state index contributed by atoms with van der Waals surface area (Å²) in [4.78, 5) is 4.12. The summed E-state index contributed by atoms with van der Waals surface area (Å²) in [5, 5.41) is 3.72. The first-order valence-electron chi connectivity index (χ1n) is 10.6. The molecular weight excluding hydrogens is 344 g/mol. The van der Waals surface area contributed by atoms with Crippen LogP contribution in [0.25, 0.3) is 5.69 Å². The van der Waals surface area contributed by atoms with E-state index >= 15 is 0 Å². The van der Waals surface area contributed by atoms with Gasteiger partial charge in [-0.05, 0) is 62.9 Å². The van der Waals surface area contributed by atoms with Crippen molar-refractivity contribution in [3.05, 3.63) is 71.6 Å². The summed E-state index contributed by atoms with van der Waals surface area (Å²) in [6.07, 6.45) is 12.4. The number of hydrogen-bond donors (Lipinski definition) is 1. The Kier molecular flexibility index (Phi) is 5.67. The molecule has 0 aliphatic heterocycles. The normalized spacial score (nSPS) is 16.4. The van der Waals surface area contributed by atoms with Crippen molar-refractivity contribution in [2.45, 2.75) is 71.5 Å². The van der Waals surface area contributed by atoms with Gasteiger partial charge in [0.1, 0.15) is 0 Å². The molecule has 0 unspecified atom stereocenters. The molecular formula is C24H32N4. The lowest BCUT2D eigenvalue weighted by atomic mass is 9.95. The standard InChI is InChI=1S/C24H32N4/c1-18-15-22(20(3)28(18)24-7-5-4-6-8-24)16-26-19(2)21-9-11-23(12-10-21)27-14-13-25-17-27/h9-15,17,19,24,26H,4-8,16H2,1-3H3/t19-/m0/s1. The van der Waals surface area contributed by atoms with E-state index in [1.54, 1.807) is 0 Å². The molecule has 1 N–H and O–H groups in total.